The fourth-order valence-electron chi connectivity index (χ4n) is 2.34. The minimum atomic E-state index is 0.214. The largest absolute Gasteiger partial charge is 0.464 e. The van der Waals surface area contributed by atoms with Gasteiger partial charge in [-0.1, -0.05) is 19.3 Å². The number of hydrogen-bond donors (Lipinski definition) is 1. The van der Waals surface area contributed by atoms with Gasteiger partial charge in [0.05, 0.1) is 6.61 Å². The highest BCUT2D eigenvalue weighted by Gasteiger charge is 2.21. The Kier molecular flexibility index (Phi) is 4.17. The van der Waals surface area contributed by atoms with Crippen molar-refractivity contribution in [1.82, 2.24) is 15.0 Å². The first-order chi connectivity index (χ1) is 8.70. The van der Waals surface area contributed by atoms with E-state index in [1.165, 1.54) is 32.1 Å². The van der Waals surface area contributed by atoms with Crippen molar-refractivity contribution < 1.29 is 4.74 Å². The monoisotopic (exact) mass is 251 g/mol. The van der Waals surface area contributed by atoms with Crippen molar-refractivity contribution >= 4 is 11.9 Å². The summed E-state index contributed by atoms with van der Waals surface area (Å²) in [5, 5.41) is 0. The van der Waals surface area contributed by atoms with E-state index in [0.29, 0.717) is 24.6 Å². The lowest BCUT2D eigenvalue weighted by Crippen LogP contribution is -2.34. The van der Waals surface area contributed by atoms with Crippen LogP contribution in [-0.4, -0.2) is 34.6 Å². The first-order valence-electron chi connectivity index (χ1n) is 6.58. The molecule has 1 heterocycles. The second kappa shape index (κ2) is 5.84. The van der Waals surface area contributed by atoms with Crippen LogP contribution in [0.1, 0.15) is 39.0 Å². The molecular weight excluding hydrogens is 230 g/mol. The SMILES string of the molecule is CCOc1nc(N)nc(N(C)C2CCCCC2)n1. The topological polar surface area (TPSA) is 77.2 Å². The van der Waals surface area contributed by atoms with E-state index >= 15 is 0 Å². The van der Waals surface area contributed by atoms with E-state index in [0.717, 1.165) is 0 Å². The van der Waals surface area contributed by atoms with Crippen LogP contribution in [0.3, 0.4) is 0 Å². The van der Waals surface area contributed by atoms with Crippen molar-refractivity contribution in [3.8, 4) is 6.01 Å². The molecule has 0 atom stereocenters. The lowest BCUT2D eigenvalue weighted by molar-refractivity contribution is 0.311. The van der Waals surface area contributed by atoms with E-state index in [1.807, 2.05) is 14.0 Å². The Labute approximate surface area is 108 Å². The molecule has 0 spiro atoms. The summed E-state index contributed by atoms with van der Waals surface area (Å²) >= 11 is 0. The summed E-state index contributed by atoms with van der Waals surface area (Å²) in [6.07, 6.45) is 6.24. The number of nitrogens with zero attached hydrogens (tertiary/aromatic N) is 4. The Balaban J connectivity index is 2.15. The Hall–Kier alpha value is -1.59. The Bertz CT molecular complexity index is 392. The molecule has 1 aliphatic rings. The molecule has 6 nitrogen and oxygen atoms in total. The van der Waals surface area contributed by atoms with Gasteiger partial charge in [-0.3, -0.25) is 0 Å². The number of ether oxygens (including phenoxy) is 1. The molecule has 0 aliphatic heterocycles. The van der Waals surface area contributed by atoms with Gasteiger partial charge in [0.1, 0.15) is 0 Å². The van der Waals surface area contributed by atoms with Crippen LogP contribution in [0.15, 0.2) is 0 Å². The quantitative estimate of drug-likeness (QED) is 0.876. The van der Waals surface area contributed by atoms with E-state index < -0.39 is 0 Å². The van der Waals surface area contributed by atoms with Crippen molar-refractivity contribution in [3.05, 3.63) is 0 Å². The van der Waals surface area contributed by atoms with Crippen molar-refractivity contribution in [2.24, 2.45) is 0 Å². The highest BCUT2D eigenvalue weighted by atomic mass is 16.5. The zero-order valence-corrected chi connectivity index (χ0v) is 11.1. The number of nitrogen functional groups attached to an aromatic ring is 1. The third kappa shape index (κ3) is 3.00. The highest BCUT2D eigenvalue weighted by Crippen LogP contribution is 2.24. The number of hydrogen-bond acceptors (Lipinski definition) is 6. The molecule has 0 bridgehead atoms. The maximum absolute atomic E-state index is 5.69. The van der Waals surface area contributed by atoms with Crippen LogP contribution in [-0.2, 0) is 0 Å². The van der Waals surface area contributed by atoms with Crippen LogP contribution >= 0.6 is 0 Å². The molecule has 1 aromatic heterocycles. The van der Waals surface area contributed by atoms with Gasteiger partial charge in [0, 0.05) is 13.1 Å². The highest BCUT2D eigenvalue weighted by molar-refractivity contribution is 5.36. The van der Waals surface area contributed by atoms with Crippen LogP contribution < -0.4 is 15.4 Å². The lowest BCUT2D eigenvalue weighted by Gasteiger charge is -2.31. The first kappa shape index (κ1) is 12.9. The van der Waals surface area contributed by atoms with Gasteiger partial charge in [-0.15, -0.1) is 0 Å². The number of rotatable bonds is 4. The van der Waals surface area contributed by atoms with Crippen molar-refractivity contribution in [3.63, 3.8) is 0 Å². The van der Waals surface area contributed by atoms with E-state index in [1.54, 1.807) is 0 Å². The van der Waals surface area contributed by atoms with Gasteiger partial charge < -0.3 is 15.4 Å². The molecule has 1 saturated carbocycles. The average molecular weight is 251 g/mol. The van der Waals surface area contributed by atoms with Crippen molar-refractivity contribution in [1.29, 1.82) is 0 Å². The summed E-state index contributed by atoms with van der Waals surface area (Å²) in [4.78, 5) is 14.5. The second-order valence-corrected chi connectivity index (χ2v) is 4.61. The molecule has 0 saturated heterocycles. The Morgan fingerprint density at radius 3 is 2.61 bits per heavy atom. The molecule has 0 radical (unpaired) electrons. The Morgan fingerprint density at radius 2 is 1.94 bits per heavy atom. The summed E-state index contributed by atoms with van der Waals surface area (Å²) in [6, 6.07) is 0.803. The van der Waals surface area contributed by atoms with Crippen LogP contribution in [0.5, 0.6) is 6.01 Å². The molecule has 1 aliphatic carbocycles. The number of aromatic nitrogens is 3. The molecule has 100 valence electrons. The minimum Gasteiger partial charge on any atom is -0.464 e. The fourth-order valence-corrected chi connectivity index (χ4v) is 2.34. The van der Waals surface area contributed by atoms with E-state index in [4.69, 9.17) is 10.5 Å². The lowest BCUT2D eigenvalue weighted by atomic mass is 9.95. The number of anilines is 2. The maximum Gasteiger partial charge on any atom is 0.323 e. The van der Waals surface area contributed by atoms with E-state index in [2.05, 4.69) is 19.9 Å². The van der Waals surface area contributed by atoms with Crippen LogP contribution in [0, 0.1) is 0 Å². The van der Waals surface area contributed by atoms with E-state index in [-0.39, 0.29) is 5.95 Å². The van der Waals surface area contributed by atoms with Crippen molar-refractivity contribution in [2.45, 2.75) is 45.1 Å². The molecule has 0 unspecified atom stereocenters. The minimum absolute atomic E-state index is 0.214. The zero-order valence-electron chi connectivity index (χ0n) is 11.1. The smallest absolute Gasteiger partial charge is 0.323 e. The Morgan fingerprint density at radius 1 is 1.22 bits per heavy atom. The molecule has 1 fully saturated rings. The standard InChI is InChI=1S/C12H21N5O/c1-3-18-12-15-10(13)14-11(16-12)17(2)9-7-5-4-6-8-9/h9H,3-8H2,1-2H3,(H2,13,14,15,16). The summed E-state index contributed by atoms with van der Waals surface area (Å²) in [5.74, 6) is 0.823. The van der Waals surface area contributed by atoms with E-state index in [9.17, 15) is 0 Å². The van der Waals surface area contributed by atoms with Crippen LogP contribution in [0.25, 0.3) is 0 Å². The molecule has 2 rings (SSSR count). The van der Waals surface area contributed by atoms with Gasteiger partial charge in [-0.25, -0.2) is 0 Å². The van der Waals surface area contributed by atoms with Gasteiger partial charge in [-0.05, 0) is 19.8 Å². The summed E-state index contributed by atoms with van der Waals surface area (Å²) in [7, 11) is 2.01. The molecule has 1 aromatic rings. The molecular formula is C12H21N5O. The molecule has 0 aromatic carbocycles. The third-order valence-corrected chi connectivity index (χ3v) is 3.33. The van der Waals surface area contributed by atoms with Gasteiger partial charge in [-0.2, -0.15) is 15.0 Å². The summed E-state index contributed by atoms with van der Waals surface area (Å²) in [6.45, 7) is 2.42. The zero-order chi connectivity index (χ0) is 13.0. The number of nitrogens with two attached hydrogens (primary N) is 1. The second-order valence-electron chi connectivity index (χ2n) is 4.61. The molecule has 6 heteroatoms. The molecule has 0 amide bonds. The third-order valence-electron chi connectivity index (χ3n) is 3.33. The van der Waals surface area contributed by atoms with Crippen LogP contribution in [0.2, 0.25) is 0 Å². The molecule has 18 heavy (non-hydrogen) atoms. The fraction of sp³-hybridized carbons (Fsp3) is 0.750. The molecule has 2 N–H and O–H groups in total. The summed E-state index contributed by atoms with van der Waals surface area (Å²) < 4.78 is 5.30. The van der Waals surface area contributed by atoms with Crippen molar-refractivity contribution in [2.75, 3.05) is 24.3 Å². The maximum atomic E-state index is 5.69. The van der Waals surface area contributed by atoms with Gasteiger partial charge in [0.2, 0.25) is 11.9 Å². The van der Waals surface area contributed by atoms with Gasteiger partial charge in [0.15, 0.2) is 0 Å². The average Bonchev–Trinajstić information content (AvgIpc) is 2.38. The van der Waals surface area contributed by atoms with Gasteiger partial charge in [0.25, 0.3) is 0 Å². The van der Waals surface area contributed by atoms with Crippen LogP contribution in [0.4, 0.5) is 11.9 Å². The first-order valence-corrected chi connectivity index (χ1v) is 6.58. The summed E-state index contributed by atoms with van der Waals surface area (Å²) in [5.41, 5.74) is 5.69. The van der Waals surface area contributed by atoms with Gasteiger partial charge >= 0.3 is 6.01 Å². The predicted octanol–water partition coefficient (Wildman–Crippen LogP) is 1.62. The normalized spacial score (nSPS) is 16.6. The predicted molar refractivity (Wildman–Crippen MR) is 70.7 cm³/mol.